The second-order valence-electron chi connectivity index (χ2n) is 5.80. The van der Waals surface area contributed by atoms with Gasteiger partial charge in [0, 0.05) is 18.8 Å². The molecule has 0 bridgehead atoms. The molecule has 5 heteroatoms. The summed E-state index contributed by atoms with van der Waals surface area (Å²) in [6, 6.07) is 5.78. The fraction of sp³-hybridized carbons (Fsp3) is 0.500. The van der Waals surface area contributed by atoms with Crippen LogP contribution in [0.4, 0.5) is 0 Å². The summed E-state index contributed by atoms with van der Waals surface area (Å²) in [6.45, 7) is 0.496. The van der Waals surface area contributed by atoms with Gasteiger partial charge in [0.1, 0.15) is 0 Å². The summed E-state index contributed by atoms with van der Waals surface area (Å²) >= 11 is 0. The van der Waals surface area contributed by atoms with Crippen LogP contribution in [0.5, 0.6) is 0 Å². The van der Waals surface area contributed by atoms with Crippen molar-refractivity contribution in [3.05, 3.63) is 36.2 Å². The van der Waals surface area contributed by atoms with E-state index in [1.165, 1.54) is 19.3 Å². The highest BCUT2D eigenvalue weighted by Gasteiger charge is 2.25. The lowest BCUT2D eigenvalue weighted by Crippen LogP contribution is -2.45. The zero-order valence-electron chi connectivity index (χ0n) is 12.2. The Morgan fingerprint density at radius 3 is 2.95 bits per heavy atom. The van der Waals surface area contributed by atoms with E-state index >= 15 is 0 Å². The summed E-state index contributed by atoms with van der Waals surface area (Å²) in [5.41, 5.74) is 7.33. The normalized spacial score (nSPS) is 17.8. The summed E-state index contributed by atoms with van der Waals surface area (Å²) in [5, 5.41) is 7.32. The maximum Gasteiger partial charge on any atom is 0.255 e. The van der Waals surface area contributed by atoms with Crippen LogP contribution in [0.25, 0.3) is 5.52 Å². The fourth-order valence-electron chi connectivity index (χ4n) is 3.26. The predicted octanol–water partition coefficient (Wildman–Crippen LogP) is 1.97. The molecule has 1 aliphatic rings. The smallest absolute Gasteiger partial charge is 0.255 e. The van der Waals surface area contributed by atoms with Crippen molar-refractivity contribution in [2.75, 3.05) is 6.54 Å². The van der Waals surface area contributed by atoms with E-state index in [9.17, 15) is 4.79 Å². The van der Waals surface area contributed by atoms with Crippen molar-refractivity contribution < 1.29 is 4.79 Å². The number of hydrogen-bond donors (Lipinski definition) is 2. The van der Waals surface area contributed by atoms with Gasteiger partial charge in [-0.15, -0.1) is 0 Å². The number of pyridine rings is 1. The molecule has 3 rings (SSSR count). The molecule has 0 aliphatic heterocycles. The topological polar surface area (TPSA) is 72.4 Å². The Hall–Kier alpha value is -1.88. The van der Waals surface area contributed by atoms with Crippen LogP contribution < -0.4 is 11.1 Å². The van der Waals surface area contributed by atoms with Crippen molar-refractivity contribution in [2.45, 2.75) is 38.1 Å². The largest absolute Gasteiger partial charge is 0.348 e. The lowest BCUT2D eigenvalue weighted by atomic mass is 9.84. The van der Waals surface area contributed by atoms with Crippen molar-refractivity contribution in [1.29, 1.82) is 0 Å². The van der Waals surface area contributed by atoms with Gasteiger partial charge < -0.3 is 11.1 Å². The van der Waals surface area contributed by atoms with Crippen molar-refractivity contribution in [2.24, 2.45) is 11.7 Å². The fourth-order valence-corrected chi connectivity index (χ4v) is 3.26. The minimum Gasteiger partial charge on any atom is -0.348 e. The van der Waals surface area contributed by atoms with Gasteiger partial charge in [-0.3, -0.25) is 4.79 Å². The molecule has 112 valence electrons. The zero-order valence-corrected chi connectivity index (χ0v) is 12.2. The number of rotatable bonds is 4. The number of amides is 1. The van der Waals surface area contributed by atoms with Crippen LogP contribution in [0.15, 0.2) is 30.6 Å². The second kappa shape index (κ2) is 6.26. The van der Waals surface area contributed by atoms with E-state index in [0.29, 0.717) is 18.0 Å². The van der Waals surface area contributed by atoms with Crippen LogP contribution in [0.2, 0.25) is 0 Å². The van der Waals surface area contributed by atoms with E-state index in [2.05, 4.69) is 10.4 Å². The molecular formula is C16H22N4O. The number of hydrogen-bond acceptors (Lipinski definition) is 3. The van der Waals surface area contributed by atoms with Gasteiger partial charge in [0.15, 0.2) is 0 Å². The average Bonchev–Trinajstić information content (AvgIpc) is 2.97. The molecule has 0 spiro atoms. The highest BCUT2D eigenvalue weighted by Crippen LogP contribution is 2.26. The summed E-state index contributed by atoms with van der Waals surface area (Å²) in [7, 11) is 0. The van der Waals surface area contributed by atoms with Crippen molar-refractivity contribution in [3.63, 3.8) is 0 Å². The Morgan fingerprint density at radius 1 is 1.38 bits per heavy atom. The second-order valence-corrected chi connectivity index (χ2v) is 5.80. The Kier molecular flexibility index (Phi) is 4.20. The van der Waals surface area contributed by atoms with Gasteiger partial charge in [-0.05, 0) is 30.9 Å². The van der Waals surface area contributed by atoms with Crippen molar-refractivity contribution in [1.82, 2.24) is 14.9 Å². The van der Waals surface area contributed by atoms with Crippen LogP contribution >= 0.6 is 0 Å². The van der Waals surface area contributed by atoms with Gasteiger partial charge >= 0.3 is 0 Å². The molecule has 1 unspecified atom stereocenters. The van der Waals surface area contributed by atoms with Gasteiger partial charge in [0.05, 0.1) is 17.3 Å². The lowest BCUT2D eigenvalue weighted by molar-refractivity contribution is 0.0917. The summed E-state index contributed by atoms with van der Waals surface area (Å²) in [5.74, 6) is 0.437. The molecule has 1 amide bonds. The Morgan fingerprint density at radius 2 is 2.19 bits per heavy atom. The molecule has 0 radical (unpaired) electrons. The predicted molar refractivity (Wildman–Crippen MR) is 82.1 cm³/mol. The van der Waals surface area contributed by atoms with E-state index in [0.717, 1.165) is 18.4 Å². The minimum atomic E-state index is -0.0720. The summed E-state index contributed by atoms with van der Waals surface area (Å²) < 4.78 is 1.72. The third-order valence-corrected chi connectivity index (χ3v) is 4.46. The van der Waals surface area contributed by atoms with Gasteiger partial charge in [-0.1, -0.05) is 25.3 Å². The van der Waals surface area contributed by atoms with Crippen molar-refractivity contribution >= 4 is 11.4 Å². The summed E-state index contributed by atoms with van der Waals surface area (Å²) in [4.78, 5) is 12.5. The number of aromatic nitrogens is 2. The molecule has 1 atom stereocenters. The van der Waals surface area contributed by atoms with Crippen LogP contribution in [0.3, 0.4) is 0 Å². The van der Waals surface area contributed by atoms with E-state index in [1.54, 1.807) is 10.7 Å². The molecule has 3 N–H and O–H groups in total. The van der Waals surface area contributed by atoms with Crippen LogP contribution in [-0.4, -0.2) is 28.1 Å². The molecule has 0 saturated heterocycles. The molecule has 5 nitrogen and oxygen atoms in total. The number of nitrogens with one attached hydrogen (secondary N) is 1. The number of carbonyl (C=O) groups is 1. The first-order valence-electron chi connectivity index (χ1n) is 7.73. The Bertz CT molecular complexity index is 616. The molecule has 2 aromatic heterocycles. The highest BCUT2D eigenvalue weighted by molar-refractivity contribution is 6.00. The first-order chi connectivity index (χ1) is 10.3. The first kappa shape index (κ1) is 14.1. The quantitative estimate of drug-likeness (QED) is 0.902. The molecule has 2 aromatic rings. The third-order valence-electron chi connectivity index (χ3n) is 4.46. The van der Waals surface area contributed by atoms with Gasteiger partial charge in [-0.25, -0.2) is 4.52 Å². The Balaban J connectivity index is 1.75. The van der Waals surface area contributed by atoms with E-state index in [-0.39, 0.29) is 11.9 Å². The molecular weight excluding hydrogens is 264 g/mol. The third kappa shape index (κ3) is 2.93. The number of nitrogens with zero attached hydrogens (tertiary/aromatic N) is 2. The first-order valence-corrected chi connectivity index (χ1v) is 7.73. The molecule has 1 saturated carbocycles. The summed E-state index contributed by atoms with van der Waals surface area (Å²) in [6.07, 6.45) is 9.58. The molecule has 1 aliphatic carbocycles. The molecule has 2 heterocycles. The molecule has 1 fully saturated rings. The van der Waals surface area contributed by atoms with Gasteiger partial charge in [0.2, 0.25) is 0 Å². The van der Waals surface area contributed by atoms with E-state index < -0.39 is 0 Å². The van der Waals surface area contributed by atoms with Gasteiger partial charge in [0.25, 0.3) is 5.91 Å². The molecule has 0 aromatic carbocycles. The van der Waals surface area contributed by atoms with E-state index in [1.807, 2.05) is 24.4 Å². The van der Waals surface area contributed by atoms with Crippen LogP contribution in [0.1, 0.15) is 42.5 Å². The standard InChI is InChI=1S/C16H22N4O/c17-10-14(12-6-2-1-3-7-12)19-16(21)13-11-18-20-9-5-4-8-15(13)20/h4-5,8-9,11-12,14H,1-3,6-7,10,17H2,(H,19,21). The van der Waals surface area contributed by atoms with Crippen LogP contribution in [0, 0.1) is 5.92 Å². The lowest BCUT2D eigenvalue weighted by Gasteiger charge is -2.30. The maximum absolute atomic E-state index is 12.5. The van der Waals surface area contributed by atoms with Gasteiger partial charge in [-0.2, -0.15) is 5.10 Å². The SMILES string of the molecule is NCC(NC(=O)c1cnn2ccccc12)C1CCCCC1. The Labute approximate surface area is 124 Å². The average molecular weight is 286 g/mol. The van der Waals surface area contributed by atoms with Crippen molar-refractivity contribution in [3.8, 4) is 0 Å². The zero-order chi connectivity index (χ0) is 14.7. The number of nitrogens with two attached hydrogens (primary N) is 1. The molecule has 21 heavy (non-hydrogen) atoms. The number of fused-ring (bicyclic) bond motifs is 1. The number of carbonyl (C=O) groups excluding carboxylic acids is 1. The minimum absolute atomic E-state index is 0.0662. The van der Waals surface area contributed by atoms with Crippen LogP contribution in [-0.2, 0) is 0 Å². The highest BCUT2D eigenvalue weighted by atomic mass is 16.1. The monoisotopic (exact) mass is 286 g/mol. The van der Waals surface area contributed by atoms with E-state index in [4.69, 9.17) is 5.73 Å². The maximum atomic E-state index is 12.5.